The van der Waals surface area contributed by atoms with Crippen LogP contribution in [0.3, 0.4) is 0 Å². The van der Waals surface area contributed by atoms with Gasteiger partial charge in [-0.1, -0.05) is 0 Å². The standard InChI is InChI=1S/C13H24N2O/c1-2-7-14(6-1)9-10-15-8-5-13(12-15)4-3-11-16-13/h1-12H2/t13-/m0/s1. The first kappa shape index (κ1) is 11.0. The Morgan fingerprint density at radius 3 is 2.44 bits per heavy atom. The average Bonchev–Trinajstić information content (AvgIpc) is 3.01. The van der Waals surface area contributed by atoms with E-state index in [4.69, 9.17) is 4.74 Å². The molecule has 3 aliphatic heterocycles. The summed E-state index contributed by atoms with van der Waals surface area (Å²) in [5, 5.41) is 0. The third-order valence-corrected chi connectivity index (χ3v) is 4.51. The molecule has 3 fully saturated rings. The zero-order valence-corrected chi connectivity index (χ0v) is 10.3. The highest BCUT2D eigenvalue weighted by Gasteiger charge is 2.41. The minimum atomic E-state index is 0.269. The number of rotatable bonds is 3. The van der Waals surface area contributed by atoms with Crippen molar-refractivity contribution in [2.45, 2.75) is 37.7 Å². The number of hydrogen-bond donors (Lipinski definition) is 0. The van der Waals surface area contributed by atoms with Gasteiger partial charge in [0.05, 0.1) is 5.60 Å². The Kier molecular flexibility index (Phi) is 3.18. The molecule has 0 bridgehead atoms. The molecule has 3 heterocycles. The smallest absolute Gasteiger partial charge is 0.0821 e. The van der Waals surface area contributed by atoms with Gasteiger partial charge in [0, 0.05) is 32.8 Å². The molecule has 3 nitrogen and oxygen atoms in total. The Hall–Kier alpha value is -0.120. The molecule has 3 rings (SSSR count). The topological polar surface area (TPSA) is 15.7 Å². The molecule has 0 N–H and O–H groups in total. The predicted octanol–water partition coefficient (Wildman–Crippen LogP) is 1.34. The molecule has 3 heteroatoms. The van der Waals surface area contributed by atoms with Gasteiger partial charge in [0.15, 0.2) is 0 Å². The molecule has 0 saturated carbocycles. The zero-order valence-electron chi connectivity index (χ0n) is 10.3. The van der Waals surface area contributed by atoms with Gasteiger partial charge in [-0.2, -0.15) is 0 Å². The van der Waals surface area contributed by atoms with Gasteiger partial charge in [0.25, 0.3) is 0 Å². The van der Waals surface area contributed by atoms with Crippen LogP contribution in [-0.4, -0.2) is 61.3 Å². The number of hydrogen-bond acceptors (Lipinski definition) is 3. The highest BCUT2D eigenvalue weighted by Crippen LogP contribution is 2.34. The van der Waals surface area contributed by atoms with E-state index in [9.17, 15) is 0 Å². The van der Waals surface area contributed by atoms with Gasteiger partial charge >= 0.3 is 0 Å². The van der Waals surface area contributed by atoms with E-state index in [1.54, 1.807) is 0 Å². The molecule has 1 spiro atoms. The van der Waals surface area contributed by atoms with E-state index in [0.29, 0.717) is 0 Å². The molecular weight excluding hydrogens is 200 g/mol. The molecule has 3 saturated heterocycles. The van der Waals surface area contributed by atoms with Crippen molar-refractivity contribution in [1.82, 2.24) is 9.80 Å². The second kappa shape index (κ2) is 4.63. The maximum Gasteiger partial charge on any atom is 0.0821 e. The Morgan fingerprint density at radius 2 is 1.69 bits per heavy atom. The summed E-state index contributed by atoms with van der Waals surface area (Å²) in [6.45, 7) is 8.64. The van der Waals surface area contributed by atoms with Crippen LogP contribution in [0, 0.1) is 0 Å². The summed E-state index contributed by atoms with van der Waals surface area (Å²) in [5.41, 5.74) is 0.269. The Morgan fingerprint density at radius 1 is 0.875 bits per heavy atom. The summed E-state index contributed by atoms with van der Waals surface area (Å²) in [4.78, 5) is 5.23. The lowest BCUT2D eigenvalue weighted by Crippen LogP contribution is -2.36. The summed E-state index contributed by atoms with van der Waals surface area (Å²) < 4.78 is 5.95. The van der Waals surface area contributed by atoms with Crippen molar-refractivity contribution >= 4 is 0 Å². The van der Waals surface area contributed by atoms with E-state index in [-0.39, 0.29) is 5.60 Å². The van der Waals surface area contributed by atoms with Gasteiger partial charge in [-0.05, 0) is 45.2 Å². The van der Waals surface area contributed by atoms with Crippen LogP contribution in [0.2, 0.25) is 0 Å². The van der Waals surface area contributed by atoms with Crippen molar-refractivity contribution in [2.75, 3.05) is 45.9 Å². The minimum Gasteiger partial charge on any atom is -0.374 e. The first-order chi connectivity index (χ1) is 7.86. The van der Waals surface area contributed by atoms with Crippen molar-refractivity contribution in [3.8, 4) is 0 Å². The van der Waals surface area contributed by atoms with Crippen molar-refractivity contribution in [3.63, 3.8) is 0 Å². The van der Waals surface area contributed by atoms with E-state index in [1.165, 1.54) is 71.4 Å². The Bertz CT molecular complexity index is 232. The van der Waals surface area contributed by atoms with Crippen LogP contribution < -0.4 is 0 Å². The molecule has 0 radical (unpaired) electrons. The lowest BCUT2D eigenvalue weighted by atomic mass is 10.00. The number of nitrogens with zero attached hydrogens (tertiary/aromatic N) is 2. The predicted molar refractivity (Wildman–Crippen MR) is 64.6 cm³/mol. The van der Waals surface area contributed by atoms with Crippen LogP contribution in [0.1, 0.15) is 32.1 Å². The first-order valence-corrected chi connectivity index (χ1v) is 6.95. The Labute approximate surface area is 98.7 Å². The summed E-state index contributed by atoms with van der Waals surface area (Å²) in [6.07, 6.45) is 6.67. The van der Waals surface area contributed by atoms with Crippen LogP contribution in [0.25, 0.3) is 0 Å². The number of likely N-dealkylation sites (tertiary alicyclic amines) is 2. The fourth-order valence-electron chi connectivity index (χ4n) is 3.48. The average molecular weight is 224 g/mol. The fraction of sp³-hybridized carbons (Fsp3) is 1.00. The van der Waals surface area contributed by atoms with Gasteiger partial charge in [0.2, 0.25) is 0 Å². The molecule has 0 unspecified atom stereocenters. The maximum atomic E-state index is 5.95. The lowest BCUT2D eigenvalue weighted by molar-refractivity contribution is 0.0123. The van der Waals surface area contributed by atoms with Crippen LogP contribution >= 0.6 is 0 Å². The molecule has 0 amide bonds. The van der Waals surface area contributed by atoms with Crippen molar-refractivity contribution in [3.05, 3.63) is 0 Å². The molecule has 1 atom stereocenters. The van der Waals surface area contributed by atoms with Gasteiger partial charge < -0.3 is 9.64 Å². The highest BCUT2D eigenvalue weighted by molar-refractivity contribution is 4.94. The van der Waals surface area contributed by atoms with E-state index in [1.807, 2.05) is 0 Å². The normalized spacial score (nSPS) is 36.8. The molecule has 0 aliphatic carbocycles. The summed E-state index contributed by atoms with van der Waals surface area (Å²) in [5.74, 6) is 0. The third kappa shape index (κ3) is 2.27. The lowest BCUT2D eigenvalue weighted by Gasteiger charge is -2.24. The second-order valence-corrected chi connectivity index (χ2v) is 5.71. The molecule has 0 aromatic carbocycles. The minimum absolute atomic E-state index is 0.269. The van der Waals surface area contributed by atoms with Crippen molar-refractivity contribution in [2.24, 2.45) is 0 Å². The maximum absolute atomic E-state index is 5.95. The first-order valence-electron chi connectivity index (χ1n) is 6.95. The van der Waals surface area contributed by atoms with Crippen LogP contribution in [-0.2, 0) is 4.74 Å². The van der Waals surface area contributed by atoms with E-state index >= 15 is 0 Å². The molecule has 0 aromatic rings. The van der Waals surface area contributed by atoms with Crippen molar-refractivity contribution in [1.29, 1.82) is 0 Å². The van der Waals surface area contributed by atoms with Crippen molar-refractivity contribution < 1.29 is 4.74 Å². The van der Waals surface area contributed by atoms with Gasteiger partial charge in [-0.25, -0.2) is 0 Å². The zero-order chi connectivity index (χ0) is 10.8. The molecule has 16 heavy (non-hydrogen) atoms. The van der Waals surface area contributed by atoms with Crippen LogP contribution in [0.4, 0.5) is 0 Å². The molecule has 92 valence electrons. The van der Waals surface area contributed by atoms with Crippen LogP contribution in [0.5, 0.6) is 0 Å². The fourth-order valence-corrected chi connectivity index (χ4v) is 3.48. The molecule has 3 aliphatic rings. The second-order valence-electron chi connectivity index (χ2n) is 5.71. The number of ether oxygens (including phenoxy) is 1. The largest absolute Gasteiger partial charge is 0.374 e. The molecular formula is C13H24N2O. The van der Waals surface area contributed by atoms with Gasteiger partial charge in [-0.15, -0.1) is 0 Å². The SMILES string of the molecule is C1CCN(CCN2CC[C@@]3(CCCO3)C2)C1. The highest BCUT2D eigenvalue weighted by atomic mass is 16.5. The van der Waals surface area contributed by atoms with E-state index in [0.717, 1.165) is 6.61 Å². The summed E-state index contributed by atoms with van der Waals surface area (Å²) in [6, 6.07) is 0. The van der Waals surface area contributed by atoms with Gasteiger partial charge in [-0.3, -0.25) is 4.90 Å². The molecule has 0 aromatic heterocycles. The van der Waals surface area contributed by atoms with E-state index in [2.05, 4.69) is 9.80 Å². The van der Waals surface area contributed by atoms with E-state index < -0.39 is 0 Å². The monoisotopic (exact) mass is 224 g/mol. The third-order valence-electron chi connectivity index (χ3n) is 4.51. The summed E-state index contributed by atoms with van der Waals surface area (Å²) in [7, 11) is 0. The Balaban J connectivity index is 1.43. The quantitative estimate of drug-likeness (QED) is 0.719. The van der Waals surface area contributed by atoms with Gasteiger partial charge in [0.1, 0.15) is 0 Å². The van der Waals surface area contributed by atoms with Crippen LogP contribution in [0.15, 0.2) is 0 Å². The summed E-state index contributed by atoms with van der Waals surface area (Å²) >= 11 is 0.